The van der Waals surface area contributed by atoms with Crippen LogP contribution in [0.15, 0.2) is 66.0 Å². The molecule has 2 aromatic heterocycles. The highest BCUT2D eigenvalue weighted by Crippen LogP contribution is 2.53. The van der Waals surface area contributed by atoms with Gasteiger partial charge in [0.2, 0.25) is 5.91 Å². The topological polar surface area (TPSA) is 98.3 Å². The highest BCUT2D eigenvalue weighted by molar-refractivity contribution is 7.12. The molecule has 0 saturated carbocycles. The van der Waals surface area contributed by atoms with Gasteiger partial charge in [-0.25, -0.2) is 4.39 Å². The zero-order valence-corrected chi connectivity index (χ0v) is 23.2. The summed E-state index contributed by atoms with van der Waals surface area (Å²) >= 11 is 14.1. The second kappa shape index (κ2) is 10.6. The number of ketones is 1. The lowest BCUT2D eigenvalue weighted by molar-refractivity contribution is -0.122. The van der Waals surface area contributed by atoms with E-state index in [1.54, 1.807) is 55.7 Å². The van der Waals surface area contributed by atoms with Crippen LogP contribution in [-0.4, -0.2) is 38.3 Å². The molecule has 2 aromatic carbocycles. The molecule has 1 saturated heterocycles. The van der Waals surface area contributed by atoms with Crippen LogP contribution in [0.4, 0.5) is 4.39 Å². The Bertz CT molecular complexity index is 1570. The number of rotatable bonds is 6. The van der Waals surface area contributed by atoms with E-state index >= 15 is 0 Å². The lowest BCUT2D eigenvalue weighted by Crippen LogP contribution is -2.47. The van der Waals surface area contributed by atoms with Crippen molar-refractivity contribution in [1.29, 1.82) is 0 Å². The predicted molar refractivity (Wildman–Crippen MR) is 148 cm³/mol. The van der Waals surface area contributed by atoms with Crippen LogP contribution in [0, 0.1) is 18.7 Å². The summed E-state index contributed by atoms with van der Waals surface area (Å²) in [4.78, 5) is 43.4. The first-order chi connectivity index (χ1) is 18.6. The Labute approximate surface area is 237 Å². The van der Waals surface area contributed by atoms with Crippen LogP contribution in [0.5, 0.6) is 0 Å². The number of carbonyl (C=O) groups is 3. The quantitative estimate of drug-likeness (QED) is 0.299. The van der Waals surface area contributed by atoms with Crippen LogP contribution in [0.3, 0.4) is 0 Å². The molecule has 1 fully saturated rings. The van der Waals surface area contributed by atoms with Crippen LogP contribution in [-0.2, 0) is 11.8 Å². The third-order valence-corrected chi connectivity index (χ3v) is 8.66. The fraction of sp³-hybridized carbons (Fsp3) is 0.214. The SMILES string of the molecule is Cc1nn(C)c(Cl)c1C1C(C(=O)c2cccs2)C(c2ccc(Cl)cc2)C(C(N)=O)N1C(=O)c1cccc(F)c1. The van der Waals surface area contributed by atoms with Gasteiger partial charge in [-0.1, -0.05) is 47.5 Å². The van der Waals surface area contributed by atoms with Gasteiger partial charge in [0.1, 0.15) is 17.0 Å². The number of aromatic nitrogens is 2. The highest BCUT2D eigenvalue weighted by atomic mass is 35.5. The number of aryl methyl sites for hydroxylation is 2. The first-order valence-corrected chi connectivity index (χ1v) is 13.6. The number of nitrogens with two attached hydrogens (primary N) is 1. The second-order valence-corrected chi connectivity index (χ2v) is 11.1. The molecule has 0 bridgehead atoms. The van der Waals surface area contributed by atoms with E-state index in [0.717, 1.165) is 6.07 Å². The van der Waals surface area contributed by atoms with E-state index in [1.165, 1.54) is 39.1 Å². The monoisotopic (exact) mass is 584 g/mol. The Kier molecular flexibility index (Phi) is 7.33. The number of hydrogen-bond donors (Lipinski definition) is 1. The lowest BCUT2D eigenvalue weighted by Gasteiger charge is -2.30. The number of primary amides is 1. The molecule has 2 amide bonds. The Hall–Kier alpha value is -3.53. The highest BCUT2D eigenvalue weighted by Gasteiger charge is 2.58. The summed E-state index contributed by atoms with van der Waals surface area (Å²) in [5, 5.41) is 6.86. The number of nitrogens with zero attached hydrogens (tertiary/aromatic N) is 3. The number of amides is 2. The Morgan fingerprint density at radius 1 is 1.05 bits per heavy atom. The molecule has 3 heterocycles. The first-order valence-electron chi connectivity index (χ1n) is 12.0. The normalized spacial score (nSPS) is 20.8. The zero-order valence-electron chi connectivity index (χ0n) is 20.8. The van der Waals surface area contributed by atoms with Crippen LogP contribution in [0.25, 0.3) is 0 Å². The number of benzene rings is 2. The smallest absolute Gasteiger partial charge is 0.255 e. The van der Waals surface area contributed by atoms with Gasteiger partial charge in [-0.05, 0) is 54.3 Å². The molecule has 0 radical (unpaired) electrons. The molecule has 4 atom stereocenters. The maximum atomic E-state index is 14.3. The van der Waals surface area contributed by atoms with Crippen LogP contribution in [0.1, 0.15) is 48.8 Å². The summed E-state index contributed by atoms with van der Waals surface area (Å²) in [5.41, 5.74) is 7.49. The van der Waals surface area contributed by atoms with Gasteiger partial charge in [-0.15, -0.1) is 11.3 Å². The van der Waals surface area contributed by atoms with Crippen molar-refractivity contribution in [3.05, 3.63) is 109 Å². The lowest BCUT2D eigenvalue weighted by atomic mass is 9.77. The largest absolute Gasteiger partial charge is 0.368 e. The molecule has 0 spiro atoms. The van der Waals surface area contributed by atoms with Crippen molar-refractivity contribution < 1.29 is 18.8 Å². The van der Waals surface area contributed by atoms with Gasteiger partial charge in [0.25, 0.3) is 5.91 Å². The maximum absolute atomic E-state index is 14.3. The van der Waals surface area contributed by atoms with Crippen molar-refractivity contribution in [2.24, 2.45) is 18.7 Å². The maximum Gasteiger partial charge on any atom is 0.255 e. The third-order valence-electron chi connectivity index (χ3n) is 7.08. The predicted octanol–water partition coefficient (Wildman–Crippen LogP) is 5.57. The van der Waals surface area contributed by atoms with Crippen molar-refractivity contribution >= 4 is 52.1 Å². The van der Waals surface area contributed by atoms with E-state index in [1.807, 2.05) is 0 Å². The van der Waals surface area contributed by atoms with Crippen molar-refractivity contribution in [2.45, 2.75) is 24.9 Å². The van der Waals surface area contributed by atoms with Gasteiger partial charge >= 0.3 is 0 Å². The van der Waals surface area contributed by atoms with Gasteiger partial charge in [0.15, 0.2) is 5.78 Å². The number of thiophene rings is 1. The summed E-state index contributed by atoms with van der Waals surface area (Å²) in [6.07, 6.45) is 0. The van der Waals surface area contributed by atoms with E-state index in [9.17, 15) is 18.8 Å². The Morgan fingerprint density at radius 2 is 1.77 bits per heavy atom. The standard InChI is InChI=1S/C28H23Cl2FN4O3S/c1-14-20(26(30)34(2)33-14)23-22(25(36)19-7-4-12-39-19)21(15-8-10-17(29)11-9-15)24(27(32)37)35(23)28(38)16-5-3-6-18(31)13-16/h3-13,21-24H,1-2H3,(H2,32,37). The summed E-state index contributed by atoms with van der Waals surface area (Å²) in [6, 6.07) is 13.0. The number of likely N-dealkylation sites (tertiary alicyclic amines) is 1. The number of hydrogen-bond acceptors (Lipinski definition) is 5. The van der Waals surface area contributed by atoms with E-state index in [4.69, 9.17) is 28.9 Å². The van der Waals surface area contributed by atoms with Gasteiger partial charge in [0, 0.05) is 29.1 Å². The van der Waals surface area contributed by atoms with E-state index < -0.39 is 41.6 Å². The molecule has 4 unspecified atom stereocenters. The first kappa shape index (κ1) is 27.1. The van der Waals surface area contributed by atoms with Gasteiger partial charge < -0.3 is 10.6 Å². The molecule has 7 nitrogen and oxygen atoms in total. The fourth-order valence-corrected chi connectivity index (χ4v) is 6.64. The molecule has 0 aliphatic carbocycles. The second-order valence-electron chi connectivity index (χ2n) is 9.37. The van der Waals surface area contributed by atoms with Crippen LogP contribution in [0.2, 0.25) is 10.2 Å². The Morgan fingerprint density at radius 3 is 2.33 bits per heavy atom. The van der Waals surface area contributed by atoms with Gasteiger partial charge in [-0.3, -0.25) is 19.1 Å². The third kappa shape index (κ3) is 4.75. The summed E-state index contributed by atoms with van der Waals surface area (Å²) in [7, 11) is 1.64. The van der Waals surface area contributed by atoms with Crippen molar-refractivity contribution in [3.8, 4) is 0 Å². The van der Waals surface area contributed by atoms with Crippen LogP contribution >= 0.6 is 34.5 Å². The minimum Gasteiger partial charge on any atom is -0.368 e. The number of halogens is 3. The van der Waals surface area contributed by atoms with Crippen LogP contribution < -0.4 is 5.73 Å². The molecule has 1 aliphatic rings. The molecule has 1 aliphatic heterocycles. The Balaban J connectivity index is 1.82. The fourth-order valence-electron chi connectivity index (χ4n) is 5.51. The van der Waals surface area contributed by atoms with Gasteiger partial charge in [-0.2, -0.15) is 5.10 Å². The van der Waals surface area contributed by atoms with Crippen molar-refractivity contribution in [3.63, 3.8) is 0 Å². The molecule has 11 heteroatoms. The van der Waals surface area contributed by atoms with E-state index in [0.29, 0.717) is 26.7 Å². The number of carbonyl (C=O) groups excluding carboxylic acids is 3. The average Bonchev–Trinajstić information content (AvgIpc) is 3.61. The minimum atomic E-state index is -1.27. The molecular weight excluding hydrogens is 562 g/mol. The minimum absolute atomic E-state index is 0.00277. The summed E-state index contributed by atoms with van der Waals surface area (Å²) in [5.74, 6) is -4.21. The number of Topliss-reactive ketones (excluding diaryl/α,β-unsaturated/α-hetero) is 1. The molecule has 4 aromatic rings. The molecule has 39 heavy (non-hydrogen) atoms. The molecule has 5 rings (SSSR count). The molecule has 2 N–H and O–H groups in total. The average molecular weight is 585 g/mol. The molecular formula is C28H23Cl2FN4O3S. The zero-order chi connectivity index (χ0) is 28.0. The van der Waals surface area contributed by atoms with Gasteiger partial charge in [0.05, 0.1) is 22.5 Å². The van der Waals surface area contributed by atoms with Crippen molar-refractivity contribution in [1.82, 2.24) is 14.7 Å². The van der Waals surface area contributed by atoms with Crippen molar-refractivity contribution in [2.75, 3.05) is 0 Å². The van der Waals surface area contributed by atoms with E-state index in [2.05, 4.69) is 5.10 Å². The summed E-state index contributed by atoms with van der Waals surface area (Å²) in [6.45, 7) is 1.72. The molecule has 200 valence electrons. The summed E-state index contributed by atoms with van der Waals surface area (Å²) < 4.78 is 15.7. The van der Waals surface area contributed by atoms with E-state index in [-0.39, 0.29) is 16.5 Å².